The van der Waals surface area contributed by atoms with Crippen LogP contribution in [0.15, 0.2) is 23.1 Å². The van der Waals surface area contributed by atoms with E-state index < -0.39 is 10.0 Å². The van der Waals surface area contributed by atoms with Gasteiger partial charge in [0.1, 0.15) is 0 Å². The minimum absolute atomic E-state index is 0.303. The summed E-state index contributed by atoms with van der Waals surface area (Å²) in [7, 11) is -1.86. The van der Waals surface area contributed by atoms with Gasteiger partial charge in [-0.05, 0) is 30.5 Å². The van der Waals surface area contributed by atoms with Gasteiger partial charge in [-0.1, -0.05) is 12.1 Å². The van der Waals surface area contributed by atoms with Crippen molar-refractivity contribution in [2.24, 2.45) is 5.73 Å². The molecule has 0 fully saturated rings. The molecule has 0 aliphatic heterocycles. The average Bonchev–Trinajstić information content (AvgIpc) is 2.34. The largest absolute Gasteiger partial charge is 0.385 e. The summed E-state index contributed by atoms with van der Waals surface area (Å²) in [6.07, 6.45) is 0.648. The van der Waals surface area contributed by atoms with E-state index in [1.807, 2.05) is 0 Å². The van der Waals surface area contributed by atoms with Gasteiger partial charge in [-0.2, -0.15) is 0 Å². The van der Waals surface area contributed by atoms with Crippen LogP contribution in [0, 0.1) is 6.92 Å². The summed E-state index contributed by atoms with van der Waals surface area (Å²) in [5, 5.41) is 0. The third kappa shape index (κ3) is 4.06. The Balaban J connectivity index is 2.78. The van der Waals surface area contributed by atoms with Gasteiger partial charge in [0.05, 0.1) is 4.90 Å². The predicted octanol–water partition coefficient (Wildman–Crippen LogP) is 0.769. The van der Waals surface area contributed by atoms with E-state index in [2.05, 4.69) is 4.72 Å². The lowest BCUT2D eigenvalue weighted by Gasteiger charge is -2.10. The van der Waals surface area contributed by atoms with Crippen LogP contribution in [0.2, 0.25) is 0 Å². The summed E-state index contributed by atoms with van der Waals surface area (Å²) in [6, 6.07) is 5.12. The fourth-order valence-electron chi connectivity index (χ4n) is 1.64. The minimum atomic E-state index is -3.44. The van der Waals surface area contributed by atoms with Crippen molar-refractivity contribution in [3.63, 3.8) is 0 Å². The second kappa shape index (κ2) is 6.84. The van der Waals surface area contributed by atoms with Crippen molar-refractivity contribution in [1.82, 2.24) is 4.72 Å². The van der Waals surface area contributed by atoms with Gasteiger partial charge in [-0.3, -0.25) is 0 Å². The zero-order valence-electron chi connectivity index (χ0n) is 10.8. The predicted molar refractivity (Wildman–Crippen MR) is 70.8 cm³/mol. The quantitative estimate of drug-likeness (QED) is 0.718. The molecule has 0 aromatic heterocycles. The van der Waals surface area contributed by atoms with Crippen LogP contribution in [0.25, 0.3) is 0 Å². The Bertz CT molecular complexity index is 486. The zero-order chi connectivity index (χ0) is 13.6. The maximum Gasteiger partial charge on any atom is 0.240 e. The van der Waals surface area contributed by atoms with Crippen LogP contribution in [-0.4, -0.2) is 28.7 Å². The molecule has 0 spiro atoms. The third-order valence-corrected chi connectivity index (χ3v) is 4.20. The maximum atomic E-state index is 12.0. The number of hydrogen-bond acceptors (Lipinski definition) is 4. The fraction of sp³-hybridized carbons (Fsp3) is 0.500. The van der Waals surface area contributed by atoms with E-state index in [-0.39, 0.29) is 0 Å². The normalized spacial score (nSPS) is 11.7. The van der Waals surface area contributed by atoms with Crippen molar-refractivity contribution in [2.45, 2.75) is 24.8 Å². The number of methoxy groups -OCH3 is 1. The van der Waals surface area contributed by atoms with Gasteiger partial charge >= 0.3 is 0 Å². The van der Waals surface area contributed by atoms with Crippen LogP contribution < -0.4 is 10.5 Å². The van der Waals surface area contributed by atoms with Gasteiger partial charge in [0.15, 0.2) is 0 Å². The first kappa shape index (κ1) is 15.1. The standard InChI is InChI=1S/C12H20N2O3S/c1-10-8-11(9-13)4-5-12(10)18(15,16)14-6-3-7-17-2/h4-5,8,14H,3,6-7,9,13H2,1-2H3. The second-order valence-electron chi connectivity index (χ2n) is 4.05. The molecular formula is C12H20N2O3S. The highest BCUT2D eigenvalue weighted by atomic mass is 32.2. The molecule has 1 aromatic rings. The summed E-state index contributed by atoms with van der Waals surface area (Å²) in [6.45, 7) is 3.08. The number of ether oxygens (including phenoxy) is 1. The molecule has 3 N–H and O–H groups in total. The van der Waals surface area contributed by atoms with Gasteiger partial charge in [0.25, 0.3) is 0 Å². The van der Waals surface area contributed by atoms with E-state index in [1.165, 1.54) is 0 Å². The van der Waals surface area contributed by atoms with Crippen molar-refractivity contribution < 1.29 is 13.2 Å². The van der Waals surface area contributed by atoms with Crippen molar-refractivity contribution >= 4 is 10.0 Å². The summed E-state index contributed by atoms with van der Waals surface area (Å²) >= 11 is 0. The molecule has 1 rings (SSSR count). The molecule has 0 aliphatic carbocycles. The molecule has 0 atom stereocenters. The maximum absolute atomic E-state index is 12.0. The van der Waals surface area contributed by atoms with Gasteiger partial charge in [0.2, 0.25) is 10.0 Å². The van der Waals surface area contributed by atoms with E-state index in [0.29, 0.717) is 36.6 Å². The van der Waals surface area contributed by atoms with Crippen LogP contribution in [0.3, 0.4) is 0 Å². The summed E-state index contributed by atoms with van der Waals surface area (Å²) < 4.78 is 31.5. The first-order valence-electron chi connectivity index (χ1n) is 5.79. The van der Waals surface area contributed by atoms with E-state index >= 15 is 0 Å². The van der Waals surface area contributed by atoms with Crippen LogP contribution in [0.1, 0.15) is 17.5 Å². The third-order valence-electron chi connectivity index (χ3n) is 2.58. The molecule has 0 unspecified atom stereocenters. The summed E-state index contributed by atoms with van der Waals surface area (Å²) in [5.41, 5.74) is 7.14. The molecular weight excluding hydrogens is 252 g/mol. The second-order valence-corrected chi connectivity index (χ2v) is 5.78. The molecule has 0 amide bonds. The topological polar surface area (TPSA) is 81.4 Å². The van der Waals surface area contributed by atoms with Crippen molar-refractivity contribution in [1.29, 1.82) is 0 Å². The van der Waals surface area contributed by atoms with E-state index in [4.69, 9.17) is 10.5 Å². The molecule has 1 aromatic carbocycles. The molecule has 0 heterocycles. The summed E-state index contributed by atoms with van der Waals surface area (Å²) in [4.78, 5) is 0.303. The van der Waals surface area contributed by atoms with E-state index in [0.717, 1.165) is 5.56 Å². The molecule has 0 aliphatic rings. The first-order valence-corrected chi connectivity index (χ1v) is 7.28. The van der Waals surface area contributed by atoms with Gasteiger partial charge in [0, 0.05) is 26.8 Å². The minimum Gasteiger partial charge on any atom is -0.385 e. The van der Waals surface area contributed by atoms with E-state index in [1.54, 1.807) is 32.2 Å². The Kier molecular flexibility index (Phi) is 5.74. The van der Waals surface area contributed by atoms with Crippen LogP contribution >= 0.6 is 0 Å². The van der Waals surface area contributed by atoms with Crippen LogP contribution in [-0.2, 0) is 21.3 Å². The molecule has 0 saturated carbocycles. The molecule has 6 heteroatoms. The van der Waals surface area contributed by atoms with Crippen molar-refractivity contribution in [3.05, 3.63) is 29.3 Å². The van der Waals surface area contributed by atoms with E-state index in [9.17, 15) is 8.42 Å². The Morgan fingerprint density at radius 3 is 2.67 bits per heavy atom. The molecule has 18 heavy (non-hydrogen) atoms. The lowest BCUT2D eigenvalue weighted by atomic mass is 10.1. The monoisotopic (exact) mass is 272 g/mol. The Labute approximate surface area is 108 Å². The molecule has 102 valence electrons. The SMILES string of the molecule is COCCCNS(=O)(=O)c1ccc(CN)cc1C. The highest BCUT2D eigenvalue weighted by Gasteiger charge is 2.15. The highest BCUT2D eigenvalue weighted by Crippen LogP contribution is 2.16. The van der Waals surface area contributed by atoms with Gasteiger partial charge < -0.3 is 10.5 Å². The van der Waals surface area contributed by atoms with Crippen LogP contribution in [0.5, 0.6) is 0 Å². The smallest absolute Gasteiger partial charge is 0.240 e. The summed E-state index contributed by atoms with van der Waals surface area (Å²) in [5.74, 6) is 0. The number of sulfonamides is 1. The number of benzene rings is 1. The lowest BCUT2D eigenvalue weighted by Crippen LogP contribution is -2.26. The number of hydrogen-bond donors (Lipinski definition) is 2. The molecule has 0 radical (unpaired) electrons. The zero-order valence-corrected chi connectivity index (χ0v) is 11.6. The Morgan fingerprint density at radius 2 is 2.11 bits per heavy atom. The van der Waals surface area contributed by atoms with Crippen LogP contribution in [0.4, 0.5) is 0 Å². The number of nitrogens with one attached hydrogen (secondary N) is 1. The molecule has 0 bridgehead atoms. The molecule has 5 nitrogen and oxygen atoms in total. The van der Waals surface area contributed by atoms with Crippen molar-refractivity contribution in [2.75, 3.05) is 20.3 Å². The van der Waals surface area contributed by atoms with Crippen molar-refractivity contribution in [3.8, 4) is 0 Å². The van der Waals surface area contributed by atoms with Gasteiger partial charge in [-0.25, -0.2) is 13.1 Å². The first-order chi connectivity index (χ1) is 8.51. The number of nitrogens with two attached hydrogens (primary N) is 1. The number of aryl methyl sites for hydroxylation is 1. The molecule has 0 saturated heterocycles. The van der Waals surface area contributed by atoms with Gasteiger partial charge in [-0.15, -0.1) is 0 Å². The average molecular weight is 272 g/mol. The lowest BCUT2D eigenvalue weighted by molar-refractivity contribution is 0.196. The highest BCUT2D eigenvalue weighted by molar-refractivity contribution is 7.89. The Hall–Kier alpha value is -0.950. The Morgan fingerprint density at radius 1 is 1.39 bits per heavy atom. The fourth-order valence-corrected chi connectivity index (χ4v) is 2.94. The number of rotatable bonds is 7.